The molecule has 0 heterocycles. The average molecular weight is 374 g/mol. The highest BCUT2D eigenvalue weighted by molar-refractivity contribution is 14.1. The van der Waals surface area contributed by atoms with Gasteiger partial charge in [-0.05, 0) is 53.3 Å². The summed E-state index contributed by atoms with van der Waals surface area (Å²) in [5.74, 6) is 0.963. The van der Waals surface area contributed by atoms with Crippen LogP contribution in [0.4, 0.5) is 5.69 Å². The molecule has 0 saturated heterocycles. The summed E-state index contributed by atoms with van der Waals surface area (Å²) >= 11 is 2.02. The lowest BCUT2D eigenvalue weighted by Crippen LogP contribution is -2.29. The zero-order valence-corrected chi connectivity index (χ0v) is 12.7. The number of carbonyl (C=O) groups excluding carboxylic acids is 1. The van der Waals surface area contributed by atoms with E-state index in [1.54, 1.807) is 6.07 Å². The van der Waals surface area contributed by atoms with Crippen LogP contribution in [0.15, 0.2) is 18.2 Å². The highest BCUT2D eigenvalue weighted by atomic mass is 127. The fourth-order valence-electron chi connectivity index (χ4n) is 1.98. The standard InChI is InChI=1S/C13H15IN2O3/c1-8(9-2-3-9)7-15-13(17)11-6-10(16(18)19)4-5-12(11)14/h4-6,8-9H,2-3,7H2,1H3,(H,15,17). The van der Waals surface area contributed by atoms with Gasteiger partial charge in [-0.25, -0.2) is 0 Å². The largest absolute Gasteiger partial charge is 0.352 e. The molecule has 1 aromatic carbocycles. The van der Waals surface area contributed by atoms with Gasteiger partial charge >= 0.3 is 0 Å². The Kier molecular flexibility index (Phi) is 4.38. The second-order valence-corrected chi connectivity index (χ2v) is 6.11. The first-order valence-electron chi connectivity index (χ1n) is 6.21. The number of amides is 1. The minimum Gasteiger partial charge on any atom is -0.352 e. The fourth-order valence-corrected chi connectivity index (χ4v) is 2.56. The third-order valence-corrected chi connectivity index (χ3v) is 4.36. The highest BCUT2D eigenvalue weighted by Crippen LogP contribution is 2.36. The summed E-state index contributed by atoms with van der Waals surface area (Å²) in [4.78, 5) is 22.3. The molecule has 0 bridgehead atoms. The van der Waals surface area contributed by atoms with Crippen LogP contribution in [0.5, 0.6) is 0 Å². The van der Waals surface area contributed by atoms with Gasteiger partial charge in [-0.3, -0.25) is 14.9 Å². The first-order valence-corrected chi connectivity index (χ1v) is 7.29. The minimum absolute atomic E-state index is 0.0548. The van der Waals surface area contributed by atoms with Crippen LogP contribution in [-0.2, 0) is 0 Å². The Morgan fingerprint density at radius 1 is 1.58 bits per heavy atom. The molecule has 6 heteroatoms. The van der Waals surface area contributed by atoms with Gasteiger partial charge in [-0.1, -0.05) is 6.92 Å². The van der Waals surface area contributed by atoms with Crippen LogP contribution in [0.3, 0.4) is 0 Å². The summed E-state index contributed by atoms with van der Waals surface area (Å²) in [5.41, 5.74) is 0.318. The SMILES string of the molecule is CC(CNC(=O)c1cc([N+](=O)[O-])ccc1I)C1CC1. The topological polar surface area (TPSA) is 72.2 Å². The van der Waals surface area contributed by atoms with E-state index in [1.807, 2.05) is 22.6 Å². The Bertz CT molecular complexity index is 515. The minimum atomic E-state index is -0.486. The van der Waals surface area contributed by atoms with Gasteiger partial charge in [-0.15, -0.1) is 0 Å². The Hall–Kier alpha value is -1.18. The number of benzene rings is 1. The number of rotatable bonds is 5. The summed E-state index contributed by atoms with van der Waals surface area (Å²) < 4.78 is 0.722. The van der Waals surface area contributed by atoms with Crippen molar-refractivity contribution >= 4 is 34.2 Å². The van der Waals surface area contributed by atoms with Crippen molar-refractivity contribution in [1.82, 2.24) is 5.32 Å². The fraction of sp³-hybridized carbons (Fsp3) is 0.462. The number of halogens is 1. The van der Waals surface area contributed by atoms with Gasteiger partial charge in [-0.2, -0.15) is 0 Å². The van der Waals surface area contributed by atoms with Crippen LogP contribution in [0.1, 0.15) is 30.1 Å². The van der Waals surface area contributed by atoms with E-state index < -0.39 is 4.92 Å². The predicted octanol–water partition coefficient (Wildman–Crippen LogP) is 2.98. The molecule has 2 rings (SSSR count). The van der Waals surface area contributed by atoms with Crippen LogP contribution in [-0.4, -0.2) is 17.4 Å². The predicted molar refractivity (Wildman–Crippen MR) is 80.0 cm³/mol. The summed E-state index contributed by atoms with van der Waals surface area (Å²) in [6.07, 6.45) is 2.48. The second kappa shape index (κ2) is 5.85. The summed E-state index contributed by atoms with van der Waals surface area (Å²) in [5, 5.41) is 13.6. The number of hydrogen-bond donors (Lipinski definition) is 1. The third-order valence-electron chi connectivity index (χ3n) is 3.42. The number of carbonyl (C=O) groups is 1. The van der Waals surface area contributed by atoms with Gasteiger partial charge in [0, 0.05) is 22.2 Å². The van der Waals surface area contributed by atoms with Crippen molar-refractivity contribution in [3.63, 3.8) is 0 Å². The van der Waals surface area contributed by atoms with E-state index in [-0.39, 0.29) is 11.6 Å². The molecule has 0 spiro atoms. The molecule has 102 valence electrons. The highest BCUT2D eigenvalue weighted by Gasteiger charge is 2.28. The molecule has 1 aliphatic rings. The smallest absolute Gasteiger partial charge is 0.270 e. The second-order valence-electron chi connectivity index (χ2n) is 4.95. The molecule has 1 unspecified atom stereocenters. The van der Waals surface area contributed by atoms with Crippen molar-refractivity contribution in [2.24, 2.45) is 11.8 Å². The first kappa shape index (κ1) is 14.2. The van der Waals surface area contributed by atoms with Gasteiger partial charge < -0.3 is 5.32 Å². The van der Waals surface area contributed by atoms with Crippen molar-refractivity contribution in [2.75, 3.05) is 6.54 Å². The molecule has 0 aliphatic heterocycles. The molecule has 19 heavy (non-hydrogen) atoms. The van der Waals surface area contributed by atoms with Gasteiger partial charge in [0.2, 0.25) is 0 Å². The van der Waals surface area contributed by atoms with E-state index in [4.69, 9.17) is 0 Å². The summed E-state index contributed by atoms with van der Waals surface area (Å²) in [6.45, 7) is 2.75. The third kappa shape index (κ3) is 3.65. The molecule has 1 fully saturated rings. The van der Waals surface area contributed by atoms with Crippen LogP contribution < -0.4 is 5.32 Å². The van der Waals surface area contributed by atoms with Gasteiger partial charge in [0.1, 0.15) is 0 Å². The molecular weight excluding hydrogens is 359 g/mol. The Morgan fingerprint density at radius 2 is 2.26 bits per heavy atom. The van der Waals surface area contributed by atoms with E-state index in [0.29, 0.717) is 18.0 Å². The van der Waals surface area contributed by atoms with Gasteiger partial charge in [0.05, 0.1) is 10.5 Å². The molecule has 1 N–H and O–H groups in total. The molecule has 1 amide bonds. The Balaban J connectivity index is 2.04. The van der Waals surface area contributed by atoms with Crippen molar-refractivity contribution in [3.05, 3.63) is 37.4 Å². The molecule has 1 atom stereocenters. The Labute approximate surface area is 125 Å². The zero-order chi connectivity index (χ0) is 14.0. The molecule has 0 aromatic heterocycles. The van der Waals surface area contributed by atoms with E-state index in [1.165, 1.54) is 25.0 Å². The average Bonchev–Trinajstić information content (AvgIpc) is 3.20. The molecule has 5 nitrogen and oxygen atoms in total. The van der Waals surface area contributed by atoms with E-state index in [0.717, 1.165) is 9.49 Å². The number of nitro benzene ring substituents is 1. The van der Waals surface area contributed by atoms with Crippen LogP contribution in [0.2, 0.25) is 0 Å². The normalized spacial score (nSPS) is 15.9. The monoisotopic (exact) mass is 374 g/mol. The van der Waals surface area contributed by atoms with Crippen molar-refractivity contribution in [3.8, 4) is 0 Å². The summed E-state index contributed by atoms with van der Waals surface area (Å²) in [6, 6.07) is 4.34. The summed E-state index contributed by atoms with van der Waals surface area (Å²) in [7, 11) is 0. The lowest BCUT2D eigenvalue weighted by molar-refractivity contribution is -0.384. The van der Waals surface area contributed by atoms with Gasteiger partial charge in [0.15, 0.2) is 0 Å². The maximum absolute atomic E-state index is 12.0. The maximum Gasteiger partial charge on any atom is 0.270 e. The zero-order valence-electron chi connectivity index (χ0n) is 10.6. The number of nitrogens with zero attached hydrogens (tertiary/aromatic N) is 1. The Morgan fingerprint density at radius 3 is 2.84 bits per heavy atom. The number of nitrogens with one attached hydrogen (secondary N) is 1. The molecule has 0 radical (unpaired) electrons. The van der Waals surface area contributed by atoms with Crippen LogP contribution in [0.25, 0.3) is 0 Å². The lowest BCUT2D eigenvalue weighted by atomic mass is 10.1. The van der Waals surface area contributed by atoms with Crippen molar-refractivity contribution < 1.29 is 9.72 Å². The van der Waals surface area contributed by atoms with E-state index in [9.17, 15) is 14.9 Å². The molecule has 1 aliphatic carbocycles. The van der Waals surface area contributed by atoms with Gasteiger partial charge in [0.25, 0.3) is 11.6 Å². The van der Waals surface area contributed by atoms with Crippen LogP contribution >= 0.6 is 22.6 Å². The number of hydrogen-bond acceptors (Lipinski definition) is 3. The molecule has 1 saturated carbocycles. The van der Waals surface area contributed by atoms with E-state index >= 15 is 0 Å². The first-order chi connectivity index (χ1) is 8.99. The quantitative estimate of drug-likeness (QED) is 0.489. The van der Waals surface area contributed by atoms with Crippen molar-refractivity contribution in [2.45, 2.75) is 19.8 Å². The number of non-ortho nitro benzene ring substituents is 1. The van der Waals surface area contributed by atoms with Crippen LogP contribution in [0, 0.1) is 25.5 Å². The lowest BCUT2D eigenvalue weighted by Gasteiger charge is -2.12. The maximum atomic E-state index is 12.0. The van der Waals surface area contributed by atoms with E-state index in [2.05, 4.69) is 12.2 Å². The molecule has 1 aromatic rings. The van der Waals surface area contributed by atoms with Crippen molar-refractivity contribution in [1.29, 1.82) is 0 Å². The number of nitro groups is 1. The molecular formula is C13H15IN2O3.